The van der Waals surface area contributed by atoms with Crippen LogP contribution in [0.5, 0.6) is 0 Å². The van der Waals surface area contributed by atoms with E-state index in [0.29, 0.717) is 6.54 Å². The first-order chi connectivity index (χ1) is 9.50. The molecule has 0 aromatic carbocycles. The standard InChI is InChI=1S/C13H18N4O2S/c1-3-6-17-10-14-8-12(17)9-15-11-4-5-13(16-7-11)20(2,18)19/h4-5,7-8,10,15H,3,6,9H2,1-2H3. The van der Waals surface area contributed by atoms with E-state index in [4.69, 9.17) is 0 Å². The number of nitrogens with zero attached hydrogens (tertiary/aromatic N) is 3. The van der Waals surface area contributed by atoms with E-state index in [1.165, 1.54) is 12.3 Å². The Hall–Kier alpha value is -1.89. The van der Waals surface area contributed by atoms with Crippen molar-refractivity contribution in [1.29, 1.82) is 0 Å². The largest absolute Gasteiger partial charge is 0.378 e. The Balaban J connectivity index is 2.02. The first-order valence-electron chi connectivity index (χ1n) is 6.39. The number of imidazole rings is 1. The highest BCUT2D eigenvalue weighted by atomic mass is 32.2. The van der Waals surface area contributed by atoms with Gasteiger partial charge in [-0.2, -0.15) is 0 Å². The quantitative estimate of drug-likeness (QED) is 0.877. The van der Waals surface area contributed by atoms with Gasteiger partial charge in [-0.05, 0) is 18.6 Å². The SMILES string of the molecule is CCCn1cncc1CNc1ccc(S(C)(=O)=O)nc1. The lowest BCUT2D eigenvalue weighted by atomic mass is 10.3. The summed E-state index contributed by atoms with van der Waals surface area (Å²) < 4.78 is 24.7. The molecule has 0 saturated carbocycles. The highest BCUT2D eigenvalue weighted by Gasteiger charge is 2.08. The summed E-state index contributed by atoms with van der Waals surface area (Å²) in [7, 11) is -3.24. The molecule has 7 heteroatoms. The third-order valence-corrected chi connectivity index (χ3v) is 3.85. The van der Waals surface area contributed by atoms with Crippen LogP contribution in [0.15, 0.2) is 35.9 Å². The van der Waals surface area contributed by atoms with Crippen molar-refractivity contribution >= 4 is 15.5 Å². The summed E-state index contributed by atoms with van der Waals surface area (Å²) in [5, 5.41) is 3.29. The molecule has 108 valence electrons. The monoisotopic (exact) mass is 294 g/mol. The molecule has 0 unspecified atom stereocenters. The van der Waals surface area contributed by atoms with Crippen molar-refractivity contribution in [3.05, 3.63) is 36.5 Å². The lowest BCUT2D eigenvalue weighted by Crippen LogP contribution is -2.07. The number of nitrogens with one attached hydrogen (secondary N) is 1. The van der Waals surface area contributed by atoms with E-state index in [2.05, 4.69) is 26.8 Å². The number of aryl methyl sites for hydroxylation is 1. The molecule has 1 N–H and O–H groups in total. The minimum atomic E-state index is -3.24. The molecule has 0 saturated heterocycles. The molecule has 2 rings (SSSR count). The molecule has 0 amide bonds. The van der Waals surface area contributed by atoms with Crippen LogP contribution in [0.3, 0.4) is 0 Å². The van der Waals surface area contributed by atoms with E-state index in [1.807, 2.05) is 12.5 Å². The van der Waals surface area contributed by atoms with Gasteiger partial charge in [0.15, 0.2) is 14.9 Å². The number of hydrogen-bond donors (Lipinski definition) is 1. The first-order valence-corrected chi connectivity index (χ1v) is 8.29. The van der Waals surface area contributed by atoms with Gasteiger partial charge in [0, 0.05) is 19.0 Å². The lowest BCUT2D eigenvalue weighted by molar-refractivity contribution is 0.598. The molecule has 0 bridgehead atoms. The molecule has 2 aromatic rings. The van der Waals surface area contributed by atoms with E-state index in [-0.39, 0.29) is 5.03 Å². The van der Waals surface area contributed by atoms with E-state index in [0.717, 1.165) is 30.6 Å². The fraction of sp³-hybridized carbons (Fsp3) is 0.385. The maximum atomic E-state index is 11.3. The minimum Gasteiger partial charge on any atom is -0.378 e. The van der Waals surface area contributed by atoms with E-state index < -0.39 is 9.84 Å². The van der Waals surface area contributed by atoms with Crippen LogP contribution < -0.4 is 5.32 Å². The second-order valence-corrected chi connectivity index (χ2v) is 6.55. The fourth-order valence-electron chi connectivity index (χ4n) is 1.83. The second-order valence-electron chi connectivity index (χ2n) is 4.59. The van der Waals surface area contributed by atoms with Gasteiger partial charge in [-0.25, -0.2) is 18.4 Å². The zero-order valence-electron chi connectivity index (χ0n) is 11.6. The highest BCUT2D eigenvalue weighted by molar-refractivity contribution is 7.90. The topological polar surface area (TPSA) is 76.9 Å². The number of anilines is 1. The summed E-state index contributed by atoms with van der Waals surface area (Å²) in [6.07, 6.45) is 7.35. The summed E-state index contributed by atoms with van der Waals surface area (Å²) in [6, 6.07) is 3.21. The van der Waals surface area contributed by atoms with Crippen LogP contribution >= 0.6 is 0 Å². The van der Waals surface area contributed by atoms with Gasteiger partial charge in [-0.1, -0.05) is 6.92 Å². The molecule has 6 nitrogen and oxygen atoms in total. The predicted octanol–water partition coefficient (Wildman–Crippen LogP) is 1.70. The van der Waals surface area contributed by atoms with Gasteiger partial charge in [-0.3, -0.25) is 0 Å². The van der Waals surface area contributed by atoms with Crippen LogP contribution in [0.4, 0.5) is 5.69 Å². The molecule has 0 aliphatic carbocycles. The number of hydrogen-bond acceptors (Lipinski definition) is 5. The van der Waals surface area contributed by atoms with Gasteiger partial charge in [-0.15, -0.1) is 0 Å². The third kappa shape index (κ3) is 3.57. The minimum absolute atomic E-state index is 0.0825. The summed E-state index contributed by atoms with van der Waals surface area (Å²) in [4.78, 5) is 8.06. The van der Waals surface area contributed by atoms with Gasteiger partial charge in [0.2, 0.25) is 0 Å². The van der Waals surface area contributed by atoms with Crippen LogP contribution in [-0.2, 0) is 22.9 Å². The van der Waals surface area contributed by atoms with Gasteiger partial charge >= 0.3 is 0 Å². The Kier molecular flexibility index (Phi) is 4.39. The molecule has 20 heavy (non-hydrogen) atoms. The van der Waals surface area contributed by atoms with Crippen molar-refractivity contribution in [2.45, 2.75) is 31.5 Å². The molecular formula is C13H18N4O2S. The van der Waals surface area contributed by atoms with Crippen LogP contribution in [0.2, 0.25) is 0 Å². The van der Waals surface area contributed by atoms with Crippen molar-refractivity contribution in [1.82, 2.24) is 14.5 Å². The zero-order valence-corrected chi connectivity index (χ0v) is 12.4. The third-order valence-electron chi connectivity index (χ3n) is 2.85. The van der Waals surface area contributed by atoms with Crippen LogP contribution in [-0.4, -0.2) is 29.2 Å². The Morgan fingerprint density at radius 3 is 2.70 bits per heavy atom. The molecule has 2 heterocycles. The highest BCUT2D eigenvalue weighted by Crippen LogP contribution is 2.11. The molecular weight excluding hydrogens is 276 g/mol. The molecule has 0 spiro atoms. The van der Waals surface area contributed by atoms with Crippen LogP contribution in [0.25, 0.3) is 0 Å². The van der Waals surface area contributed by atoms with Crippen LogP contribution in [0.1, 0.15) is 19.0 Å². The summed E-state index contributed by atoms with van der Waals surface area (Å²) >= 11 is 0. The average molecular weight is 294 g/mol. The van der Waals surface area contributed by atoms with E-state index in [1.54, 1.807) is 6.07 Å². The molecule has 0 radical (unpaired) electrons. The first kappa shape index (κ1) is 14.5. The van der Waals surface area contributed by atoms with Crippen molar-refractivity contribution in [2.75, 3.05) is 11.6 Å². The van der Waals surface area contributed by atoms with Crippen molar-refractivity contribution in [3.8, 4) is 0 Å². The number of sulfone groups is 1. The Morgan fingerprint density at radius 2 is 2.10 bits per heavy atom. The maximum absolute atomic E-state index is 11.3. The lowest BCUT2D eigenvalue weighted by Gasteiger charge is -2.09. The molecule has 0 aliphatic heterocycles. The van der Waals surface area contributed by atoms with Gasteiger partial charge in [0.05, 0.1) is 30.5 Å². The smallest absolute Gasteiger partial charge is 0.192 e. The number of pyridine rings is 1. The fourth-order valence-corrected chi connectivity index (χ4v) is 2.39. The molecule has 0 atom stereocenters. The van der Waals surface area contributed by atoms with Crippen molar-refractivity contribution < 1.29 is 8.42 Å². The normalized spacial score (nSPS) is 11.5. The molecule has 2 aromatic heterocycles. The van der Waals surface area contributed by atoms with Gasteiger partial charge < -0.3 is 9.88 Å². The molecule has 0 fully saturated rings. The van der Waals surface area contributed by atoms with E-state index >= 15 is 0 Å². The second kappa shape index (κ2) is 6.04. The Labute approximate surface area is 118 Å². The number of aromatic nitrogens is 3. The van der Waals surface area contributed by atoms with Crippen molar-refractivity contribution in [3.63, 3.8) is 0 Å². The average Bonchev–Trinajstić information content (AvgIpc) is 2.84. The van der Waals surface area contributed by atoms with Crippen LogP contribution in [0, 0.1) is 0 Å². The predicted molar refractivity (Wildman–Crippen MR) is 77.2 cm³/mol. The number of rotatable bonds is 6. The Bertz CT molecular complexity index is 662. The Morgan fingerprint density at radius 1 is 1.30 bits per heavy atom. The maximum Gasteiger partial charge on any atom is 0.192 e. The molecule has 0 aliphatic rings. The van der Waals surface area contributed by atoms with Gasteiger partial charge in [0.1, 0.15) is 0 Å². The van der Waals surface area contributed by atoms with E-state index in [9.17, 15) is 8.42 Å². The summed E-state index contributed by atoms with van der Waals surface area (Å²) in [6.45, 7) is 3.67. The summed E-state index contributed by atoms with van der Waals surface area (Å²) in [5.74, 6) is 0. The summed E-state index contributed by atoms with van der Waals surface area (Å²) in [5.41, 5.74) is 1.86. The van der Waals surface area contributed by atoms with Gasteiger partial charge in [0.25, 0.3) is 0 Å². The zero-order chi connectivity index (χ0) is 14.6. The van der Waals surface area contributed by atoms with Crippen molar-refractivity contribution in [2.24, 2.45) is 0 Å².